The van der Waals surface area contributed by atoms with Gasteiger partial charge in [0.15, 0.2) is 0 Å². The maximum atomic E-state index is 13.4. The summed E-state index contributed by atoms with van der Waals surface area (Å²) < 4.78 is 0. The Balaban J connectivity index is 1.82. The number of nitrogens with two attached hydrogens (primary N) is 3. The van der Waals surface area contributed by atoms with Crippen molar-refractivity contribution in [3.8, 4) is 5.75 Å². The average molecular weight is 610 g/mol. The van der Waals surface area contributed by atoms with Gasteiger partial charge < -0.3 is 48.3 Å². The summed E-state index contributed by atoms with van der Waals surface area (Å²) in [7, 11) is 0. The Bertz CT molecular complexity index is 1520. The van der Waals surface area contributed by atoms with Gasteiger partial charge in [-0.05, 0) is 42.2 Å². The maximum Gasteiger partial charge on any atom is 0.326 e. The Morgan fingerprint density at radius 1 is 0.773 bits per heavy atom. The first-order valence-electron chi connectivity index (χ1n) is 13.6. The van der Waals surface area contributed by atoms with Crippen LogP contribution in [0.25, 0.3) is 10.9 Å². The van der Waals surface area contributed by atoms with Crippen molar-refractivity contribution in [1.29, 1.82) is 0 Å². The number of hydrogen-bond acceptors (Lipinski definition) is 8. The second kappa shape index (κ2) is 15.2. The van der Waals surface area contributed by atoms with Crippen molar-refractivity contribution in [3.63, 3.8) is 0 Å². The fraction of sp³-hybridized carbons (Fsp3) is 0.310. The van der Waals surface area contributed by atoms with Gasteiger partial charge in [-0.3, -0.25) is 24.0 Å². The average Bonchev–Trinajstić information content (AvgIpc) is 3.37. The van der Waals surface area contributed by atoms with Gasteiger partial charge in [0, 0.05) is 29.9 Å². The van der Waals surface area contributed by atoms with E-state index in [-0.39, 0.29) is 31.4 Å². The molecule has 0 saturated carbocycles. The van der Waals surface area contributed by atoms with Crippen LogP contribution in [0.3, 0.4) is 0 Å². The second-order valence-corrected chi connectivity index (χ2v) is 10.2. The molecule has 0 aliphatic rings. The van der Waals surface area contributed by atoms with Crippen LogP contribution < -0.4 is 33.2 Å². The molecule has 2 aromatic carbocycles. The van der Waals surface area contributed by atoms with Gasteiger partial charge in [-0.25, -0.2) is 4.79 Å². The number of nitrogens with one attached hydrogen (secondary N) is 4. The van der Waals surface area contributed by atoms with Crippen LogP contribution in [0, 0.1) is 0 Å². The number of rotatable bonds is 16. The number of fused-ring (bicyclic) bond motifs is 1. The molecule has 15 nitrogen and oxygen atoms in total. The summed E-state index contributed by atoms with van der Waals surface area (Å²) in [5.74, 6) is -5.70. The monoisotopic (exact) mass is 609 g/mol. The van der Waals surface area contributed by atoms with Crippen molar-refractivity contribution >= 4 is 46.4 Å². The lowest BCUT2D eigenvalue weighted by molar-refractivity contribution is -0.142. The topological polar surface area (TPSA) is 273 Å². The number of primary amides is 2. The molecule has 1 aromatic heterocycles. The molecular weight excluding hydrogens is 574 g/mol. The fourth-order valence-corrected chi connectivity index (χ4v) is 4.49. The number of carboxylic acids is 1. The van der Waals surface area contributed by atoms with Crippen LogP contribution in [0.15, 0.2) is 54.7 Å². The summed E-state index contributed by atoms with van der Waals surface area (Å²) >= 11 is 0. The van der Waals surface area contributed by atoms with Gasteiger partial charge in [-0.15, -0.1) is 0 Å². The molecule has 12 N–H and O–H groups in total. The van der Waals surface area contributed by atoms with Crippen LogP contribution in [0.1, 0.15) is 30.4 Å². The summed E-state index contributed by atoms with van der Waals surface area (Å²) in [5, 5.41) is 27.0. The van der Waals surface area contributed by atoms with E-state index < -0.39 is 66.1 Å². The quantitative estimate of drug-likeness (QED) is 0.0929. The predicted molar refractivity (Wildman–Crippen MR) is 157 cm³/mol. The zero-order valence-corrected chi connectivity index (χ0v) is 23.6. The molecule has 15 heteroatoms. The van der Waals surface area contributed by atoms with E-state index in [1.54, 1.807) is 42.6 Å². The summed E-state index contributed by atoms with van der Waals surface area (Å²) in [6.07, 6.45) is 0.342. The Hall–Kier alpha value is -5.44. The number of para-hydroxylation sites is 1. The number of amides is 5. The summed E-state index contributed by atoms with van der Waals surface area (Å²) in [6, 6.07) is 7.61. The van der Waals surface area contributed by atoms with Crippen molar-refractivity contribution in [1.82, 2.24) is 20.9 Å². The molecule has 0 fully saturated rings. The molecular formula is C29H35N7O8. The van der Waals surface area contributed by atoms with Crippen LogP contribution in [0.5, 0.6) is 5.75 Å². The van der Waals surface area contributed by atoms with Crippen molar-refractivity contribution in [3.05, 3.63) is 65.9 Å². The number of carbonyl (C=O) groups excluding carboxylic acids is 5. The smallest absolute Gasteiger partial charge is 0.326 e. The normalized spacial score (nSPS) is 13.7. The van der Waals surface area contributed by atoms with Crippen LogP contribution in [0.4, 0.5) is 0 Å². The van der Waals surface area contributed by atoms with Crippen LogP contribution in [-0.2, 0) is 41.6 Å². The number of phenolic OH excluding ortho intramolecular Hbond substituents is 1. The van der Waals surface area contributed by atoms with E-state index in [1.807, 2.05) is 0 Å². The third kappa shape index (κ3) is 9.55. The molecule has 44 heavy (non-hydrogen) atoms. The van der Waals surface area contributed by atoms with E-state index in [0.29, 0.717) is 11.1 Å². The van der Waals surface area contributed by atoms with Gasteiger partial charge in [0.05, 0.1) is 12.5 Å². The Morgan fingerprint density at radius 3 is 2.02 bits per heavy atom. The van der Waals surface area contributed by atoms with Gasteiger partial charge >= 0.3 is 5.97 Å². The lowest BCUT2D eigenvalue weighted by Crippen LogP contribution is -2.58. The lowest BCUT2D eigenvalue weighted by atomic mass is 10.0. The molecule has 0 bridgehead atoms. The van der Waals surface area contributed by atoms with Gasteiger partial charge in [-0.2, -0.15) is 0 Å². The number of H-pyrrole nitrogens is 1. The van der Waals surface area contributed by atoms with E-state index >= 15 is 0 Å². The molecule has 5 amide bonds. The molecule has 0 saturated heterocycles. The van der Waals surface area contributed by atoms with Gasteiger partial charge in [0.25, 0.3) is 0 Å². The molecule has 4 atom stereocenters. The van der Waals surface area contributed by atoms with Crippen molar-refractivity contribution < 1.29 is 39.0 Å². The Labute approximate surface area is 251 Å². The number of aromatic hydroxyl groups is 1. The van der Waals surface area contributed by atoms with E-state index in [4.69, 9.17) is 17.2 Å². The maximum absolute atomic E-state index is 13.4. The molecule has 234 valence electrons. The number of carboxylic acid groups (broad SMARTS) is 1. The highest BCUT2D eigenvalue weighted by Gasteiger charge is 2.32. The number of hydrogen-bond donors (Lipinski definition) is 9. The first kappa shape index (κ1) is 33.1. The number of aliphatic carboxylic acids is 1. The van der Waals surface area contributed by atoms with E-state index in [2.05, 4.69) is 20.9 Å². The summed E-state index contributed by atoms with van der Waals surface area (Å²) in [6.45, 7) is 0. The van der Waals surface area contributed by atoms with Crippen LogP contribution >= 0.6 is 0 Å². The summed E-state index contributed by atoms with van der Waals surface area (Å²) in [4.78, 5) is 77.5. The lowest BCUT2D eigenvalue weighted by Gasteiger charge is -2.25. The number of benzene rings is 2. The van der Waals surface area contributed by atoms with Gasteiger partial charge in [-0.1, -0.05) is 30.3 Å². The number of carbonyl (C=O) groups is 6. The Kier molecular flexibility index (Phi) is 11.4. The zero-order chi connectivity index (χ0) is 32.4. The van der Waals surface area contributed by atoms with E-state index in [9.17, 15) is 39.0 Å². The highest BCUT2D eigenvalue weighted by atomic mass is 16.4. The highest BCUT2D eigenvalue weighted by molar-refractivity contribution is 5.96. The number of aromatic amines is 1. The predicted octanol–water partition coefficient (Wildman–Crippen LogP) is -1.33. The molecule has 0 spiro atoms. The number of aromatic nitrogens is 1. The third-order valence-corrected chi connectivity index (χ3v) is 6.79. The van der Waals surface area contributed by atoms with Gasteiger partial charge in [0.1, 0.15) is 23.9 Å². The first-order chi connectivity index (χ1) is 20.8. The molecule has 0 radical (unpaired) electrons. The van der Waals surface area contributed by atoms with E-state index in [1.165, 1.54) is 12.1 Å². The minimum absolute atomic E-state index is 0.0266. The SMILES string of the molecule is NC(=O)CCC(NC(=O)C(Cc1c[nH]c2ccccc12)NC(=O)C(CC(N)=O)NC(=O)C(N)Cc1ccc(O)cc1)C(=O)O. The standard InChI is InChI=1S/C29H35N7O8/c30-19(11-15-5-7-17(37)8-6-15)26(40)35-23(13-25(32)39)28(42)36-22(12-16-14-33-20-4-2-1-3-18(16)20)27(41)34-21(29(43)44)9-10-24(31)38/h1-8,14,19,21-23,33,37H,9-13,30H2,(H2,31,38)(H2,32,39)(H,34,41)(H,35,40)(H,36,42)(H,43,44). The van der Waals surface area contributed by atoms with Crippen molar-refractivity contribution in [2.75, 3.05) is 0 Å². The minimum Gasteiger partial charge on any atom is -0.508 e. The van der Waals surface area contributed by atoms with Crippen molar-refractivity contribution in [2.24, 2.45) is 17.2 Å². The summed E-state index contributed by atoms with van der Waals surface area (Å²) in [5.41, 5.74) is 18.5. The molecule has 0 aliphatic carbocycles. The fourth-order valence-electron chi connectivity index (χ4n) is 4.49. The number of phenols is 1. The molecule has 1 heterocycles. The second-order valence-electron chi connectivity index (χ2n) is 10.2. The first-order valence-corrected chi connectivity index (χ1v) is 13.6. The Morgan fingerprint density at radius 2 is 1.39 bits per heavy atom. The minimum atomic E-state index is -1.52. The van der Waals surface area contributed by atoms with Crippen LogP contribution in [0.2, 0.25) is 0 Å². The molecule has 4 unspecified atom stereocenters. The van der Waals surface area contributed by atoms with Crippen molar-refractivity contribution in [2.45, 2.75) is 56.3 Å². The molecule has 3 aromatic rings. The molecule has 3 rings (SSSR count). The molecule has 0 aliphatic heterocycles. The third-order valence-electron chi connectivity index (χ3n) is 6.79. The highest BCUT2D eigenvalue weighted by Crippen LogP contribution is 2.19. The largest absolute Gasteiger partial charge is 0.508 e. The van der Waals surface area contributed by atoms with E-state index in [0.717, 1.165) is 10.9 Å². The van der Waals surface area contributed by atoms with Gasteiger partial charge in [0.2, 0.25) is 29.5 Å². The van der Waals surface area contributed by atoms with Crippen LogP contribution in [-0.4, -0.2) is 74.9 Å². The zero-order valence-electron chi connectivity index (χ0n) is 23.6.